The second-order valence-corrected chi connectivity index (χ2v) is 7.67. The summed E-state index contributed by atoms with van der Waals surface area (Å²) in [7, 11) is 4.99. The first-order valence-corrected chi connectivity index (χ1v) is 9.91. The van der Waals surface area contributed by atoms with Gasteiger partial charge in [0.1, 0.15) is 0 Å². The minimum absolute atomic E-state index is 0.662. The van der Waals surface area contributed by atoms with E-state index < -0.39 is 0 Å². The number of hydrogen-bond donors (Lipinski definition) is 0. The second-order valence-electron chi connectivity index (χ2n) is 7.67. The maximum absolute atomic E-state index is 5.48. The first-order valence-electron chi connectivity index (χ1n) is 9.91. The highest BCUT2D eigenvalue weighted by molar-refractivity contribution is 5.53. The number of benzene rings is 1. The minimum Gasteiger partial charge on any atom is -0.493 e. The first-order chi connectivity index (χ1) is 12.7. The average molecular weight is 363 g/mol. The summed E-state index contributed by atoms with van der Waals surface area (Å²) in [5.74, 6) is 2.98. The molecule has 0 radical (unpaired) electrons. The van der Waals surface area contributed by atoms with Crippen molar-refractivity contribution in [2.45, 2.75) is 45.2 Å². The maximum Gasteiger partial charge on any atom is 0.203 e. The van der Waals surface area contributed by atoms with E-state index >= 15 is 0 Å². The normalized spacial score (nSPS) is 25.1. The van der Waals surface area contributed by atoms with E-state index in [2.05, 4.69) is 28.9 Å². The van der Waals surface area contributed by atoms with Gasteiger partial charge in [-0.1, -0.05) is 19.8 Å². The molecule has 3 rings (SSSR count). The molecule has 0 spiro atoms. The summed E-state index contributed by atoms with van der Waals surface area (Å²) in [6, 6.07) is 4.93. The highest BCUT2D eigenvalue weighted by Crippen LogP contribution is 2.38. The molecule has 0 N–H and O–H groups in total. The van der Waals surface area contributed by atoms with Gasteiger partial charge in [0.25, 0.3) is 0 Å². The van der Waals surface area contributed by atoms with Crippen molar-refractivity contribution in [3.8, 4) is 17.2 Å². The Morgan fingerprint density at radius 1 is 0.885 bits per heavy atom. The summed E-state index contributed by atoms with van der Waals surface area (Å²) in [4.78, 5) is 5.26. The van der Waals surface area contributed by atoms with Crippen LogP contribution in [0.3, 0.4) is 0 Å². The van der Waals surface area contributed by atoms with E-state index in [1.165, 1.54) is 44.3 Å². The molecular formula is C21H34N2O3. The highest BCUT2D eigenvalue weighted by Gasteiger charge is 2.29. The molecule has 26 heavy (non-hydrogen) atoms. The Morgan fingerprint density at radius 3 is 2.04 bits per heavy atom. The summed E-state index contributed by atoms with van der Waals surface area (Å²) in [5.41, 5.74) is 1.21. The van der Waals surface area contributed by atoms with Gasteiger partial charge in [0.15, 0.2) is 11.5 Å². The molecule has 5 heteroatoms. The molecule has 146 valence electrons. The molecule has 1 saturated carbocycles. The molecule has 1 saturated heterocycles. The fraction of sp³-hybridized carbons (Fsp3) is 0.714. The number of rotatable bonds is 6. The van der Waals surface area contributed by atoms with Gasteiger partial charge in [0.2, 0.25) is 5.75 Å². The Balaban J connectivity index is 1.60. The quantitative estimate of drug-likeness (QED) is 0.775. The van der Waals surface area contributed by atoms with Crippen molar-refractivity contribution >= 4 is 0 Å². The number of ether oxygens (including phenoxy) is 3. The lowest BCUT2D eigenvalue weighted by Gasteiger charge is -2.43. The van der Waals surface area contributed by atoms with Crippen LogP contribution in [0.4, 0.5) is 0 Å². The second kappa shape index (κ2) is 8.96. The van der Waals surface area contributed by atoms with Crippen molar-refractivity contribution in [3.63, 3.8) is 0 Å². The van der Waals surface area contributed by atoms with E-state index in [9.17, 15) is 0 Å². The van der Waals surface area contributed by atoms with Crippen molar-refractivity contribution in [1.82, 2.24) is 9.80 Å². The fourth-order valence-corrected chi connectivity index (χ4v) is 4.58. The molecule has 2 unspecified atom stereocenters. The molecule has 0 aromatic heterocycles. The molecule has 1 aromatic rings. The zero-order valence-corrected chi connectivity index (χ0v) is 16.8. The van der Waals surface area contributed by atoms with Gasteiger partial charge in [-0.2, -0.15) is 0 Å². The Labute approximate surface area is 158 Å². The van der Waals surface area contributed by atoms with Crippen molar-refractivity contribution < 1.29 is 14.2 Å². The minimum atomic E-state index is 0.662. The van der Waals surface area contributed by atoms with E-state index in [0.29, 0.717) is 5.75 Å². The van der Waals surface area contributed by atoms with E-state index in [1.807, 2.05) is 0 Å². The summed E-state index contributed by atoms with van der Waals surface area (Å²) in [6.45, 7) is 7.97. The van der Waals surface area contributed by atoms with Gasteiger partial charge >= 0.3 is 0 Å². The summed E-state index contributed by atoms with van der Waals surface area (Å²) >= 11 is 0. The third-order valence-electron chi connectivity index (χ3n) is 6.07. The summed E-state index contributed by atoms with van der Waals surface area (Å²) < 4.78 is 16.4. The third-order valence-corrected chi connectivity index (χ3v) is 6.07. The Bertz CT molecular complexity index is 560. The van der Waals surface area contributed by atoms with Crippen LogP contribution in [0.5, 0.6) is 17.2 Å². The standard InChI is InChI=1S/C21H34N2O3/c1-16-7-5-6-8-18(16)23-11-9-22(10-12-23)15-17-13-19(24-2)21(26-4)20(14-17)25-3/h13-14,16,18H,5-12,15H2,1-4H3. The lowest BCUT2D eigenvalue weighted by molar-refractivity contribution is 0.0517. The van der Waals surface area contributed by atoms with Gasteiger partial charge in [-0.15, -0.1) is 0 Å². The molecule has 2 atom stereocenters. The van der Waals surface area contributed by atoms with Crippen LogP contribution in [-0.2, 0) is 6.54 Å². The predicted molar refractivity (Wildman–Crippen MR) is 104 cm³/mol. The number of methoxy groups -OCH3 is 3. The molecule has 1 aliphatic carbocycles. The number of hydrogen-bond acceptors (Lipinski definition) is 5. The Morgan fingerprint density at radius 2 is 1.50 bits per heavy atom. The van der Waals surface area contributed by atoms with Crippen LogP contribution >= 0.6 is 0 Å². The van der Waals surface area contributed by atoms with E-state index in [-0.39, 0.29) is 0 Å². The molecule has 1 heterocycles. The van der Waals surface area contributed by atoms with Crippen molar-refractivity contribution in [1.29, 1.82) is 0 Å². The number of piperazine rings is 1. The van der Waals surface area contributed by atoms with Crippen molar-refractivity contribution in [2.75, 3.05) is 47.5 Å². The van der Waals surface area contributed by atoms with Crippen LogP contribution in [0, 0.1) is 5.92 Å². The van der Waals surface area contributed by atoms with Gasteiger partial charge in [0.05, 0.1) is 21.3 Å². The number of nitrogens with zero attached hydrogens (tertiary/aromatic N) is 2. The summed E-state index contributed by atoms with van der Waals surface area (Å²) in [6.07, 6.45) is 5.60. The fourth-order valence-electron chi connectivity index (χ4n) is 4.58. The topological polar surface area (TPSA) is 34.2 Å². The van der Waals surface area contributed by atoms with Gasteiger partial charge in [-0.3, -0.25) is 9.80 Å². The SMILES string of the molecule is COc1cc(CN2CCN(C3CCCCC3C)CC2)cc(OC)c1OC. The molecule has 1 aliphatic heterocycles. The largest absolute Gasteiger partial charge is 0.493 e. The van der Waals surface area contributed by atoms with Gasteiger partial charge < -0.3 is 14.2 Å². The van der Waals surface area contributed by atoms with Crippen LogP contribution in [0.15, 0.2) is 12.1 Å². The molecule has 0 amide bonds. The lowest BCUT2D eigenvalue weighted by Crippen LogP contribution is -2.52. The van der Waals surface area contributed by atoms with Crippen molar-refractivity contribution in [3.05, 3.63) is 17.7 Å². The zero-order valence-electron chi connectivity index (χ0n) is 16.8. The highest BCUT2D eigenvalue weighted by atomic mass is 16.5. The monoisotopic (exact) mass is 362 g/mol. The van der Waals surface area contributed by atoms with Crippen LogP contribution < -0.4 is 14.2 Å². The molecule has 5 nitrogen and oxygen atoms in total. The van der Waals surface area contributed by atoms with Crippen LogP contribution in [0.2, 0.25) is 0 Å². The Hall–Kier alpha value is -1.46. The summed E-state index contributed by atoms with van der Waals surface area (Å²) in [5, 5.41) is 0. The smallest absolute Gasteiger partial charge is 0.203 e. The molecule has 2 aliphatic rings. The van der Waals surface area contributed by atoms with Crippen LogP contribution in [0.1, 0.15) is 38.2 Å². The molecular weight excluding hydrogens is 328 g/mol. The third kappa shape index (κ3) is 4.26. The van der Waals surface area contributed by atoms with Gasteiger partial charge in [-0.05, 0) is 36.5 Å². The van der Waals surface area contributed by atoms with Gasteiger partial charge in [0, 0.05) is 38.8 Å². The molecule has 0 bridgehead atoms. The Kier molecular flexibility index (Phi) is 6.65. The van der Waals surface area contributed by atoms with Crippen molar-refractivity contribution in [2.24, 2.45) is 5.92 Å². The first kappa shape index (κ1) is 19.3. The maximum atomic E-state index is 5.48. The van der Waals surface area contributed by atoms with Crippen LogP contribution in [0.25, 0.3) is 0 Å². The average Bonchev–Trinajstić information content (AvgIpc) is 2.68. The zero-order chi connectivity index (χ0) is 18.5. The van der Waals surface area contributed by atoms with Crippen LogP contribution in [-0.4, -0.2) is 63.4 Å². The van der Waals surface area contributed by atoms with Gasteiger partial charge in [-0.25, -0.2) is 0 Å². The van der Waals surface area contributed by atoms with E-state index in [1.54, 1.807) is 21.3 Å². The van der Waals surface area contributed by atoms with E-state index in [4.69, 9.17) is 14.2 Å². The predicted octanol–water partition coefficient (Wildman–Crippen LogP) is 3.41. The lowest BCUT2D eigenvalue weighted by atomic mass is 9.84. The molecule has 2 fully saturated rings. The molecule has 1 aromatic carbocycles. The van der Waals surface area contributed by atoms with E-state index in [0.717, 1.165) is 43.1 Å².